The first kappa shape index (κ1) is 13.0. The quantitative estimate of drug-likeness (QED) is 0.786. The first-order valence-electron chi connectivity index (χ1n) is 6.04. The molecule has 0 saturated heterocycles. The number of nitrogens with zero attached hydrogens (tertiary/aromatic N) is 2. The number of pyridine rings is 1. The lowest BCUT2D eigenvalue weighted by Crippen LogP contribution is -2.11. The maximum Gasteiger partial charge on any atom is 0.185 e. The summed E-state index contributed by atoms with van der Waals surface area (Å²) in [7, 11) is 0. The van der Waals surface area contributed by atoms with Gasteiger partial charge < -0.3 is 0 Å². The summed E-state index contributed by atoms with van der Waals surface area (Å²) < 4.78 is 0. The molecule has 1 unspecified atom stereocenters. The highest BCUT2D eigenvalue weighted by Crippen LogP contribution is 2.22. The van der Waals surface area contributed by atoms with Gasteiger partial charge in [0, 0.05) is 18.0 Å². The van der Waals surface area contributed by atoms with E-state index >= 15 is 0 Å². The van der Waals surface area contributed by atoms with Crippen LogP contribution in [0.3, 0.4) is 0 Å². The van der Waals surface area contributed by atoms with Crippen LogP contribution < -0.4 is 0 Å². The van der Waals surface area contributed by atoms with Gasteiger partial charge in [-0.3, -0.25) is 9.78 Å². The van der Waals surface area contributed by atoms with E-state index in [2.05, 4.69) is 11.1 Å². The molecule has 0 radical (unpaired) electrons. The fourth-order valence-corrected chi connectivity index (χ4v) is 1.90. The van der Waals surface area contributed by atoms with E-state index in [-0.39, 0.29) is 5.78 Å². The maximum atomic E-state index is 12.3. The zero-order valence-corrected chi connectivity index (χ0v) is 10.9. The molecule has 2 aromatic rings. The summed E-state index contributed by atoms with van der Waals surface area (Å²) in [5.74, 6) is -0.984. The maximum absolute atomic E-state index is 12.3. The molecule has 0 aliphatic carbocycles. The smallest absolute Gasteiger partial charge is 0.185 e. The van der Waals surface area contributed by atoms with Crippen LogP contribution in [0.1, 0.15) is 33.0 Å². The second-order valence-corrected chi connectivity index (χ2v) is 4.51. The van der Waals surface area contributed by atoms with Crippen molar-refractivity contribution in [2.24, 2.45) is 0 Å². The average Bonchev–Trinajstić information content (AvgIpc) is 2.44. The van der Waals surface area contributed by atoms with Crippen LogP contribution in [0.2, 0.25) is 0 Å². The fourth-order valence-electron chi connectivity index (χ4n) is 1.90. The van der Waals surface area contributed by atoms with E-state index in [1.54, 1.807) is 18.3 Å². The van der Waals surface area contributed by atoms with E-state index in [1.807, 2.05) is 32.0 Å². The third kappa shape index (κ3) is 2.69. The van der Waals surface area contributed by atoms with Gasteiger partial charge in [0.1, 0.15) is 5.92 Å². The van der Waals surface area contributed by atoms with E-state index in [9.17, 15) is 10.1 Å². The second-order valence-electron chi connectivity index (χ2n) is 4.51. The van der Waals surface area contributed by atoms with Crippen molar-refractivity contribution < 1.29 is 4.79 Å². The number of benzene rings is 1. The van der Waals surface area contributed by atoms with Crippen LogP contribution >= 0.6 is 0 Å². The van der Waals surface area contributed by atoms with E-state index in [0.29, 0.717) is 5.56 Å². The van der Waals surface area contributed by atoms with Gasteiger partial charge in [-0.15, -0.1) is 0 Å². The molecule has 1 aromatic heterocycles. The predicted octanol–water partition coefficient (Wildman–Crippen LogP) is 3.19. The predicted molar refractivity (Wildman–Crippen MR) is 72.8 cm³/mol. The highest BCUT2D eigenvalue weighted by molar-refractivity contribution is 6.02. The summed E-state index contributed by atoms with van der Waals surface area (Å²) in [4.78, 5) is 16.2. The second kappa shape index (κ2) is 5.45. The van der Waals surface area contributed by atoms with Gasteiger partial charge >= 0.3 is 0 Å². The summed E-state index contributed by atoms with van der Waals surface area (Å²) in [6, 6.07) is 11.1. The molecular weight excluding hydrogens is 236 g/mol. The van der Waals surface area contributed by atoms with Crippen LogP contribution in [0.25, 0.3) is 0 Å². The number of aromatic nitrogens is 1. The summed E-state index contributed by atoms with van der Waals surface area (Å²) in [6.07, 6.45) is 3.10. The Morgan fingerprint density at radius 3 is 2.63 bits per heavy atom. The lowest BCUT2D eigenvalue weighted by molar-refractivity contribution is 0.0978. The molecule has 1 aromatic carbocycles. The fraction of sp³-hybridized carbons (Fsp3) is 0.188. The molecule has 0 spiro atoms. The van der Waals surface area contributed by atoms with Crippen molar-refractivity contribution in [3.63, 3.8) is 0 Å². The summed E-state index contributed by atoms with van der Waals surface area (Å²) in [5, 5.41) is 9.28. The standard InChI is InChI=1S/C16H14N2O/c1-11-5-6-13(8-12(11)2)15(9-17)16(19)14-4-3-7-18-10-14/h3-8,10,15H,1-2H3. The van der Waals surface area contributed by atoms with Crippen molar-refractivity contribution in [1.29, 1.82) is 5.26 Å². The molecule has 0 fully saturated rings. The van der Waals surface area contributed by atoms with Gasteiger partial charge in [0.25, 0.3) is 0 Å². The van der Waals surface area contributed by atoms with Gasteiger partial charge in [-0.2, -0.15) is 5.26 Å². The number of Topliss-reactive ketones (excluding diaryl/α,β-unsaturated/α-hetero) is 1. The third-order valence-electron chi connectivity index (χ3n) is 3.20. The number of ketones is 1. The minimum absolute atomic E-state index is 0.209. The Labute approximate surface area is 112 Å². The zero-order valence-electron chi connectivity index (χ0n) is 10.9. The highest BCUT2D eigenvalue weighted by Gasteiger charge is 2.22. The largest absolute Gasteiger partial charge is 0.292 e. The first-order valence-corrected chi connectivity index (χ1v) is 6.04. The molecule has 3 heteroatoms. The molecule has 3 nitrogen and oxygen atoms in total. The van der Waals surface area contributed by atoms with Crippen LogP contribution in [0.15, 0.2) is 42.7 Å². The van der Waals surface area contributed by atoms with Crippen molar-refractivity contribution >= 4 is 5.78 Å². The summed E-state index contributed by atoms with van der Waals surface area (Å²) in [6.45, 7) is 3.98. The molecule has 2 rings (SSSR count). The minimum atomic E-state index is -0.775. The number of nitriles is 1. The van der Waals surface area contributed by atoms with E-state index in [1.165, 1.54) is 6.20 Å². The Kier molecular flexibility index (Phi) is 3.72. The zero-order chi connectivity index (χ0) is 13.8. The van der Waals surface area contributed by atoms with E-state index < -0.39 is 5.92 Å². The Hall–Kier alpha value is -2.47. The summed E-state index contributed by atoms with van der Waals surface area (Å²) >= 11 is 0. The van der Waals surface area contributed by atoms with Gasteiger partial charge in [-0.1, -0.05) is 18.2 Å². The summed E-state index contributed by atoms with van der Waals surface area (Å²) in [5.41, 5.74) is 3.43. The number of hydrogen-bond donors (Lipinski definition) is 0. The van der Waals surface area contributed by atoms with Crippen molar-refractivity contribution in [2.45, 2.75) is 19.8 Å². The number of aryl methyl sites for hydroxylation is 2. The van der Waals surface area contributed by atoms with Gasteiger partial charge in [0.2, 0.25) is 0 Å². The van der Waals surface area contributed by atoms with Gasteiger partial charge in [0.15, 0.2) is 5.78 Å². The number of hydrogen-bond acceptors (Lipinski definition) is 3. The monoisotopic (exact) mass is 250 g/mol. The first-order chi connectivity index (χ1) is 9.13. The molecule has 0 amide bonds. The molecule has 1 atom stereocenters. The SMILES string of the molecule is Cc1ccc(C(C#N)C(=O)c2cccnc2)cc1C. The molecule has 0 aliphatic heterocycles. The van der Waals surface area contributed by atoms with Crippen molar-refractivity contribution in [1.82, 2.24) is 4.98 Å². The number of carbonyl (C=O) groups excluding carboxylic acids is 1. The Morgan fingerprint density at radius 1 is 1.26 bits per heavy atom. The average molecular weight is 250 g/mol. The third-order valence-corrected chi connectivity index (χ3v) is 3.20. The van der Waals surface area contributed by atoms with Gasteiger partial charge in [-0.05, 0) is 42.7 Å². The van der Waals surface area contributed by atoms with Crippen LogP contribution in [0.5, 0.6) is 0 Å². The molecule has 94 valence electrons. The van der Waals surface area contributed by atoms with Crippen molar-refractivity contribution in [2.75, 3.05) is 0 Å². The Balaban J connectivity index is 2.38. The molecule has 0 bridgehead atoms. The lowest BCUT2D eigenvalue weighted by atomic mass is 9.90. The van der Waals surface area contributed by atoms with Gasteiger partial charge in [-0.25, -0.2) is 0 Å². The van der Waals surface area contributed by atoms with Crippen molar-refractivity contribution in [3.05, 3.63) is 65.0 Å². The van der Waals surface area contributed by atoms with Crippen LogP contribution in [0.4, 0.5) is 0 Å². The molecule has 0 aliphatic rings. The number of carbonyl (C=O) groups is 1. The van der Waals surface area contributed by atoms with Gasteiger partial charge in [0.05, 0.1) is 6.07 Å². The minimum Gasteiger partial charge on any atom is -0.292 e. The van der Waals surface area contributed by atoms with E-state index in [4.69, 9.17) is 0 Å². The Morgan fingerprint density at radius 2 is 2.05 bits per heavy atom. The van der Waals surface area contributed by atoms with E-state index in [0.717, 1.165) is 16.7 Å². The molecule has 0 saturated carbocycles. The van der Waals surface area contributed by atoms with Crippen molar-refractivity contribution in [3.8, 4) is 6.07 Å². The Bertz CT molecular complexity index is 642. The number of rotatable bonds is 3. The lowest BCUT2D eigenvalue weighted by Gasteiger charge is -2.10. The molecule has 0 N–H and O–H groups in total. The molecule has 19 heavy (non-hydrogen) atoms. The molecular formula is C16H14N2O. The van der Waals surface area contributed by atoms with Crippen LogP contribution in [0, 0.1) is 25.2 Å². The van der Waals surface area contributed by atoms with Crippen LogP contribution in [-0.4, -0.2) is 10.8 Å². The highest BCUT2D eigenvalue weighted by atomic mass is 16.1. The molecule has 1 heterocycles. The topological polar surface area (TPSA) is 53.8 Å². The van der Waals surface area contributed by atoms with Crippen LogP contribution in [-0.2, 0) is 0 Å². The normalized spacial score (nSPS) is 11.6.